The first-order valence-electron chi connectivity index (χ1n) is 12.3. The topological polar surface area (TPSA) is 101 Å². The highest BCUT2D eigenvalue weighted by Crippen LogP contribution is 2.30. The number of ether oxygens (including phenoxy) is 1. The van der Waals surface area contributed by atoms with Gasteiger partial charge in [0, 0.05) is 66.8 Å². The van der Waals surface area contributed by atoms with E-state index in [1.165, 1.54) is 0 Å². The van der Waals surface area contributed by atoms with Gasteiger partial charge in [-0.25, -0.2) is 4.98 Å². The fraction of sp³-hybridized carbons (Fsp3) is 0.214. The van der Waals surface area contributed by atoms with Gasteiger partial charge < -0.3 is 19.9 Å². The molecule has 37 heavy (non-hydrogen) atoms. The molecule has 4 aromatic heterocycles. The molecule has 6 rings (SSSR count). The Morgan fingerprint density at radius 2 is 1.89 bits per heavy atom. The molecule has 1 saturated heterocycles. The summed E-state index contributed by atoms with van der Waals surface area (Å²) in [5.74, 6) is 0.884. The summed E-state index contributed by atoms with van der Waals surface area (Å²) in [5, 5.41) is 8.61. The molecule has 0 aliphatic carbocycles. The number of carbonyl (C=O) groups excluding carboxylic acids is 1. The number of benzene rings is 1. The van der Waals surface area contributed by atoms with Crippen molar-refractivity contribution >= 4 is 28.3 Å². The van der Waals surface area contributed by atoms with Crippen molar-refractivity contribution in [3.05, 3.63) is 78.9 Å². The number of pyridine rings is 2. The van der Waals surface area contributed by atoms with Crippen LogP contribution in [0.4, 0.5) is 11.5 Å². The van der Waals surface area contributed by atoms with Crippen LogP contribution in [0.25, 0.3) is 33.4 Å². The zero-order chi connectivity index (χ0) is 25.2. The van der Waals surface area contributed by atoms with Gasteiger partial charge in [0.05, 0.1) is 30.8 Å². The van der Waals surface area contributed by atoms with Crippen LogP contribution in [0, 0.1) is 0 Å². The third-order valence-electron chi connectivity index (χ3n) is 6.59. The molecule has 186 valence electrons. The van der Waals surface area contributed by atoms with Gasteiger partial charge in [0.1, 0.15) is 5.82 Å². The summed E-state index contributed by atoms with van der Waals surface area (Å²) in [7, 11) is 1.84. The molecule has 0 radical (unpaired) electrons. The third-order valence-corrected chi connectivity index (χ3v) is 6.59. The Bertz CT molecular complexity index is 1530. The molecule has 0 bridgehead atoms. The summed E-state index contributed by atoms with van der Waals surface area (Å²) >= 11 is 0. The van der Waals surface area contributed by atoms with E-state index >= 15 is 0 Å². The molecule has 2 N–H and O–H groups in total. The van der Waals surface area contributed by atoms with E-state index in [0.717, 1.165) is 76.9 Å². The number of morpholine rings is 1. The average Bonchev–Trinajstić information content (AvgIpc) is 3.53. The number of hydrogen-bond acceptors (Lipinski definition) is 6. The number of aromatic amines is 1. The van der Waals surface area contributed by atoms with E-state index < -0.39 is 0 Å². The van der Waals surface area contributed by atoms with Crippen molar-refractivity contribution < 1.29 is 9.53 Å². The van der Waals surface area contributed by atoms with E-state index in [1.807, 2.05) is 61.8 Å². The molecule has 1 amide bonds. The third kappa shape index (κ3) is 4.81. The van der Waals surface area contributed by atoms with E-state index in [4.69, 9.17) is 4.74 Å². The molecule has 0 unspecified atom stereocenters. The number of anilines is 2. The first-order chi connectivity index (χ1) is 18.1. The zero-order valence-corrected chi connectivity index (χ0v) is 20.5. The van der Waals surface area contributed by atoms with Gasteiger partial charge in [-0.1, -0.05) is 12.1 Å². The molecule has 9 nitrogen and oxygen atoms in total. The highest BCUT2D eigenvalue weighted by Gasteiger charge is 2.17. The van der Waals surface area contributed by atoms with Gasteiger partial charge in [-0.15, -0.1) is 0 Å². The second kappa shape index (κ2) is 9.87. The number of nitrogens with zero attached hydrogens (tertiary/aromatic N) is 5. The molecule has 1 aliphatic rings. The highest BCUT2D eigenvalue weighted by atomic mass is 16.5. The van der Waals surface area contributed by atoms with Gasteiger partial charge in [-0.2, -0.15) is 5.10 Å². The molecule has 5 heterocycles. The molecule has 1 aromatic carbocycles. The monoisotopic (exact) mass is 493 g/mol. The Hall–Kier alpha value is -4.50. The Kier molecular flexibility index (Phi) is 6.11. The van der Waals surface area contributed by atoms with Gasteiger partial charge in [0.15, 0.2) is 0 Å². The fourth-order valence-corrected chi connectivity index (χ4v) is 4.65. The Labute approximate surface area is 214 Å². The minimum Gasteiger partial charge on any atom is -0.378 e. The molecular weight excluding hydrogens is 466 g/mol. The Morgan fingerprint density at radius 3 is 2.68 bits per heavy atom. The number of fused-ring (bicyclic) bond motifs is 1. The lowest BCUT2D eigenvalue weighted by Gasteiger charge is -2.28. The van der Waals surface area contributed by atoms with Crippen molar-refractivity contribution in [2.24, 2.45) is 7.05 Å². The molecule has 1 aliphatic heterocycles. The van der Waals surface area contributed by atoms with Crippen LogP contribution < -0.4 is 10.2 Å². The number of carbonyl (C=O) groups is 1. The lowest BCUT2D eigenvalue weighted by Crippen LogP contribution is -2.36. The number of H-pyrrole nitrogens is 1. The summed E-state index contributed by atoms with van der Waals surface area (Å²) < 4.78 is 7.23. The molecular formula is C28H27N7O2. The molecule has 0 atom stereocenters. The van der Waals surface area contributed by atoms with Crippen molar-refractivity contribution in [1.29, 1.82) is 0 Å². The molecule has 0 spiro atoms. The van der Waals surface area contributed by atoms with Crippen molar-refractivity contribution in [3.63, 3.8) is 0 Å². The normalized spacial score (nSPS) is 13.7. The SMILES string of the molecule is Cn1nc(-c2cccnc2)cc1CC(=O)Nc1ccc(-c2cc3c(N4CCOCC4)nccc3[nH]2)cc1. The Balaban J connectivity index is 1.15. The van der Waals surface area contributed by atoms with Crippen LogP contribution >= 0.6 is 0 Å². The van der Waals surface area contributed by atoms with Gasteiger partial charge in [0.2, 0.25) is 5.91 Å². The highest BCUT2D eigenvalue weighted by molar-refractivity contribution is 5.95. The van der Waals surface area contributed by atoms with Crippen LogP contribution in [0.5, 0.6) is 0 Å². The molecule has 9 heteroatoms. The van der Waals surface area contributed by atoms with E-state index in [-0.39, 0.29) is 12.3 Å². The van der Waals surface area contributed by atoms with Crippen LogP contribution in [0.15, 0.2) is 73.2 Å². The van der Waals surface area contributed by atoms with Crippen molar-refractivity contribution in [1.82, 2.24) is 24.7 Å². The molecule has 0 saturated carbocycles. The number of amides is 1. The summed E-state index contributed by atoms with van der Waals surface area (Å²) in [6.07, 6.45) is 5.56. The first kappa shape index (κ1) is 22.9. The summed E-state index contributed by atoms with van der Waals surface area (Å²) in [4.78, 5) is 27.3. The van der Waals surface area contributed by atoms with E-state index in [0.29, 0.717) is 0 Å². The van der Waals surface area contributed by atoms with Gasteiger partial charge in [-0.3, -0.25) is 14.5 Å². The fourth-order valence-electron chi connectivity index (χ4n) is 4.65. The smallest absolute Gasteiger partial charge is 0.230 e. The zero-order valence-electron chi connectivity index (χ0n) is 20.5. The number of aryl methyl sites for hydroxylation is 1. The van der Waals surface area contributed by atoms with Gasteiger partial charge in [-0.05, 0) is 48.0 Å². The minimum absolute atomic E-state index is 0.0969. The predicted molar refractivity (Wildman–Crippen MR) is 143 cm³/mol. The maximum Gasteiger partial charge on any atom is 0.230 e. The van der Waals surface area contributed by atoms with Crippen molar-refractivity contribution in [2.75, 3.05) is 36.5 Å². The largest absolute Gasteiger partial charge is 0.378 e. The second-order valence-electron chi connectivity index (χ2n) is 9.07. The summed E-state index contributed by atoms with van der Waals surface area (Å²) in [5.41, 5.74) is 6.39. The number of aromatic nitrogens is 5. The van der Waals surface area contributed by atoms with Crippen LogP contribution in [-0.4, -0.2) is 56.9 Å². The summed E-state index contributed by atoms with van der Waals surface area (Å²) in [6, 6.07) is 17.7. The number of rotatable bonds is 6. The summed E-state index contributed by atoms with van der Waals surface area (Å²) in [6.45, 7) is 3.11. The van der Waals surface area contributed by atoms with Crippen LogP contribution in [0.1, 0.15) is 5.69 Å². The molecule has 1 fully saturated rings. The van der Waals surface area contributed by atoms with E-state index in [1.54, 1.807) is 17.1 Å². The lowest BCUT2D eigenvalue weighted by atomic mass is 10.1. The predicted octanol–water partition coefficient (Wildman–Crippen LogP) is 4.04. The van der Waals surface area contributed by atoms with E-state index in [9.17, 15) is 4.79 Å². The minimum atomic E-state index is -0.0969. The maximum atomic E-state index is 12.7. The van der Waals surface area contributed by atoms with Gasteiger partial charge >= 0.3 is 0 Å². The van der Waals surface area contributed by atoms with Crippen molar-refractivity contribution in [3.8, 4) is 22.5 Å². The van der Waals surface area contributed by atoms with Gasteiger partial charge in [0.25, 0.3) is 0 Å². The van der Waals surface area contributed by atoms with Crippen LogP contribution in [0.2, 0.25) is 0 Å². The quantitative estimate of drug-likeness (QED) is 0.370. The maximum absolute atomic E-state index is 12.7. The lowest BCUT2D eigenvalue weighted by molar-refractivity contribution is -0.115. The second-order valence-corrected chi connectivity index (χ2v) is 9.07. The number of hydrogen-bond donors (Lipinski definition) is 2. The van der Waals surface area contributed by atoms with Crippen LogP contribution in [0.3, 0.4) is 0 Å². The molecule has 5 aromatic rings. The first-order valence-corrected chi connectivity index (χ1v) is 12.3. The Morgan fingerprint density at radius 1 is 1.05 bits per heavy atom. The number of nitrogens with one attached hydrogen (secondary N) is 2. The van der Waals surface area contributed by atoms with E-state index in [2.05, 4.69) is 36.3 Å². The van der Waals surface area contributed by atoms with Crippen molar-refractivity contribution in [2.45, 2.75) is 6.42 Å². The average molecular weight is 494 g/mol. The standard InChI is InChI=1S/C28H27N7O2/c1-34-22(15-26(33-34)20-3-2-9-29-18-20)16-27(36)31-21-6-4-19(5-7-21)25-17-23-24(32-25)8-10-30-28(23)35-11-13-37-14-12-35/h2-10,15,17-18,32H,11-14,16H2,1H3,(H,31,36). The van der Waals surface area contributed by atoms with Crippen LogP contribution in [-0.2, 0) is 23.0 Å².